The lowest BCUT2D eigenvalue weighted by Gasteiger charge is -2.20. The minimum absolute atomic E-state index is 0.421. The molecule has 0 aliphatic heterocycles. The summed E-state index contributed by atoms with van der Waals surface area (Å²) < 4.78 is 61.2. The van der Waals surface area contributed by atoms with E-state index in [0.29, 0.717) is 12.3 Å². The Morgan fingerprint density at radius 2 is 1.73 bits per heavy atom. The smallest absolute Gasteiger partial charge is 0.394 e. The first-order valence-electron chi connectivity index (χ1n) is 3.60. The zero-order chi connectivity index (χ0) is 11.9. The van der Waals surface area contributed by atoms with Gasteiger partial charge in [-0.15, -0.1) is 0 Å². The second-order valence-corrected chi connectivity index (χ2v) is 2.71. The average Bonchev–Trinajstić information content (AvgIpc) is 2.07. The van der Waals surface area contributed by atoms with Crippen LogP contribution in [0.2, 0.25) is 0 Å². The highest BCUT2D eigenvalue weighted by molar-refractivity contribution is 5.47. The van der Waals surface area contributed by atoms with Crippen molar-refractivity contribution in [2.75, 3.05) is 5.73 Å². The largest absolute Gasteiger partial charge is 0.458 e. The molecule has 1 aromatic heterocycles. The highest BCUT2D eigenvalue weighted by Crippen LogP contribution is 2.44. The summed E-state index contributed by atoms with van der Waals surface area (Å²) in [5, 5.41) is 0. The van der Waals surface area contributed by atoms with Crippen LogP contribution in [0.4, 0.5) is 27.6 Å². The van der Waals surface area contributed by atoms with Gasteiger partial charge in [-0.25, -0.2) is 0 Å². The number of anilines is 1. The minimum Gasteiger partial charge on any atom is -0.394 e. The molecule has 0 amide bonds. The van der Waals surface area contributed by atoms with Gasteiger partial charge in [0, 0.05) is 6.20 Å². The minimum atomic E-state index is -5.78. The average molecular weight is 228 g/mol. The molecule has 0 fully saturated rings. The fourth-order valence-corrected chi connectivity index (χ4v) is 0.917. The summed E-state index contributed by atoms with van der Waals surface area (Å²) in [7, 11) is 0. The number of nitrogens with one attached hydrogen (secondary N) is 1. The van der Waals surface area contributed by atoms with Crippen LogP contribution in [-0.4, -0.2) is 11.2 Å². The highest BCUT2D eigenvalue weighted by Gasteiger charge is 2.59. The third kappa shape index (κ3) is 1.79. The summed E-state index contributed by atoms with van der Waals surface area (Å²) in [6, 6.07) is 0.421. The van der Waals surface area contributed by atoms with E-state index in [2.05, 4.69) is 0 Å². The van der Waals surface area contributed by atoms with E-state index in [1.807, 2.05) is 4.98 Å². The van der Waals surface area contributed by atoms with Gasteiger partial charge in [-0.2, -0.15) is 22.0 Å². The van der Waals surface area contributed by atoms with E-state index in [9.17, 15) is 26.7 Å². The molecule has 0 aromatic carbocycles. The molecule has 0 aliphatic rings. The van der Waals surface area contributed by atoms with E-state index in [4.69, 9.17) is 5.73 Å². The molecule has 1 heterocycles. The molecule has 15 heavy (non-hydrogen) atoms. The van der Waals surface area contributed by atoms with Crippen molar-refractivity contribution < 1.29 is 22.0 Å². The van der Waals surface area contributed by atoms with Gasteiger partial charge in [0.25, 0.3) is 5.56 Å². The number of aromatic nitrogens is 1. The molecule has 0 saturated heterocycles. The van der Waals surface area contributed by atoms with E-state index in [1.54, 1.807) is 0 Å². The molecule has 0 spiro atoms. The van der Waals surface area contributed by atoms with Gasteiger partial charge in [0.1, 0.15) is 5.69 Å². The molecular weight excluding hydrogens is 223 g/mol. The molecule has 0 unspecified atom stereocenters. The number of hydrogen-bond donors (Lipinski definition) is 2. The number of hydrogen-bond acceptors (Lipinski definition) is 2. The SMILES string of the molecule is Nc1c(C(F)(F)C(F)(F)F)cc[nH]c1=O. The lowest BCUT2D eigenvalue weighted by molar-refractivity contribution is -0.289. The third-order valence-electron chi connectivity index (χ3n) is 1.69. The topological polar surface area (TPSA) is 58.9 Å². The number of nitrogens with two attached hydrogens (primary N) is 1. The molecule has 0 saturated carbocycles. The van der Waals surface area contributed by atoms with Crippen LogP contribution in [0.1, 0.15) is 5.56 Å². The molecule has 0 atom stereocenters. The number of halogens is 5. The maximum atomic E-state index is 12.7. The van der Waals surface area contributed by atoms with Gasteiger partial charge in [0.05, 0.1) is 5.56 Å². The van der Waals surface area contributed by atoms with Crippen LogP contribution in [-0.2, 0) is 5.92 Å². The van der Waals surface area contributed by atoms with Crippen molar-refractivity contribution in [1.82, 2.24) is 4.98 Å². The van der Waals surface area contributed by atoms with Crippen LogP contribution in [0.25, 0.3) is 0 Å². The van der Waals surface area contributed by atoms with Crippen molar-refractivity contribution in [2.24, 2.45) is 0 Å². The van der Waals surface area contributed by atoms with Gasteiger partial charge in [0.2, 0.25) is 0 Å². The van der Waals surface area contributed by atoms with Crippen LogP contribution in [0.5, 0.6) is 0 Å². The third-order valence-corrected chi connectivity index (χ3v) is 1.69. The van der Waals surface area contributed by atoms with Gasteiger partial charge >= 0.3 is 12.1 Å². The molecule has 3 N–H and O–H groups in total. The van der Waals surface area contributed by atoms with Crippen molar-refractivity contribution in [3.8, 4) is 0 Å². The maximum Gasteiger partial charge on any atom is 0.458 e. The zero-order valence-electron chi connectivity index (χ0n) is 7.03. The predicted molar refractivity (Wildman–Crippen MR) is 41.4 cm³/mol. The van der Waals surface area contributed by atoms with Crippen LogP contribution in [0, 0.1) is 0 Å². The van der Waals surface area contributed by atoms with Gasteiger partial charge < -0.3 is 10.7 Å². The van der Waals surface area contributed by atoms with Crippen LogP contribution in [0.3, 0.4) is 0 Å². The molecule has 0 bridgehead atoms. The molecule has 1 rings (SSSR count). The summed E-state index contributed by atoms with van der Waals surface area (Å²) >= 11 is 0. The Morgan fingerprint density at radius 3 is 2.20 bits per heavy atom. The fraction of sp³-hybridized carbons (Fsp3) is 0.286. The second kappa shape index (κ2) is 3.21. The molecular formula is C7H5F5N2O. The van der Waals surface area contributed by atoms with Gasteiger partial charge in [-0.3, -0.25) is 4.79 Å². The summed E-state index contributed by atoms with van der Waals surface area (Å²) in [5.74, 6) is -5.13. The Bertz CT molecular complexity index is 422. The number of H-pyrrole nitrogens is 1. The molecule has 1 aromatic rings. The van der Waals surface area contributed by atoms with Crippen molar-refractivity contribution in [3.05, 3.63) is 28.2 Å². The lowest BCUT2D eigenvalue weighted by Crippen LogP contribution is -2.35. The number of aromatic amines is 1. The quantitative estimate of drug-likeness (QED) is 0.717. The van der Waals surface area contributed by atoms with Gasteiger partial charge in [-0.1, -0.05) is 0 Å². The van der Waals surface area contributed by atoms with E-state index < -0.39 is 28.9 Å². The Balaban J connectivity index is 3.40. The molecule has 84 valence electrons. The normalized spacial score (nSPS) is 12.9. The van der Waals surface area contributed by atoms with Crippen molar-refractivity contribution in [1.29, 1.82) is 0 Å². The Kier molecular flexibility index (Phi) is 2.46. The summed E-state index contributed by atoms with van der Waals surface area (Å²) in [6.07, 6.45) is -5.11. The molecule has 3 nitrogen and oxygen atoms in total. The first-order valence-corrected chi connectivity index (χ1v) is 3.60. The van der Waals surface area contributed by atoms with Gasteiger partial charge in [-0.05, 0) is 6.07 Å². The van der Waals surface area contributed by atoms with E-state index in [0.717, 1.165) is 0 Å². The number of rotatable bonds is 1. The molecule has 0 aliphatic carbocycles. The molecule has 8 heteroatoms. The fourth-order valence-electron chi connectivity index (χ4n) is 0.917. The molecule has 0 radical (unpaired) electrons. The summed E-state index contributed by atoms with van der Waals surface area (Å²) in [4.78, 5) is 12.6. The Morgan fingerprint density at radius 1 is 1.20 bits per heavy atom. The van der Waals surface area contributed by atoms with Crippen molar-refractivity contribution >= 4 is 5.69 Å². The standard InChI is InChI=1S/C7H5F5N2O/c8-6(9,7(10,11)12)3-1-2-14-5(15)4(3)13/h1-2H,13H2,(H,14,15). The number of nitrogen functional groups attached to an aromatic ring is 1. The van der Waals surface area contributed by atoms with Crippen LogP contribution in [0.15, 0.2) is 17.1 Å². The first-order chi connectivity index (χ1) is 6.68. The summed E-state index contributed by atoms with van der Waals surface area (Å²) in [6.45, 7) is 0. The van der Waals surface area contributed by atoms with Crippen molar-refractivity contribution in [2.45, 2.75) is 12.1 Å². The second-order valence-electron chi connectivity index (χ2n) is 2.71. The highest BCUT2D eigenvalue weighted by atomic mass is 19.4. The summed E-state index contributed by atoms with van der Waals surface area (Å²) in [5.41, 5.74) is 0.976. The van der Waals surface area contributed by atoms with Crippen molar-refractivity contribution in [3.63, 3.8) is 0 Å². The monoisotopic (exact) mass is 228 g/mol. The van der Waals surface area contributed by atoms with E-state index >= 15 is 0 Å². The number of pyridine rings is 1. The van der Waals surface area contributed by atoms with Crippen LogP contribution >= 0.6 is 0 Å². The lowest BCUT2D eigenvalue weighted by atomic mass is 10.1. The maximum absolute atomic E-state index is 12.7. The predicted octanol–water partition coefficient (Wildman–Crippen LogP) is 1.61. The Labute approximate surface area is 79.7 Å². The number of alkyl halides is 5. The van der Waals surface area contributed by atoms with Gasteiger partial charge in [0.15, 0.2) is 0 Å². The Hall–Kier alpha value is -1.60. The van der Waals surface area contributed by atoms with Crippen LogP contribution < -0.4 is 11.3 Å². The first kappa shape index (κ1) is 11.5. The van der Waals surface area contributed by atoms with E-state index in [-0.39, 0.29) is 0 Å². The zero-order valence-corrected chi connectivity index (χ0v) is 7.03. The van der Waals surface area contributed by atoms with E-state index in [1.165, 1.54) is 0 Å².